The molecule has 0 N–H and O–H groups in total. The molecule has 0 radical (unpaired) electrons. The molecule has 5 rings (SSSR count). The molecule has 0 spiro atoms. The van der Waals surface area contributed by atoms with E-state index in [0.29, 0.717) is 22.3 Å². The van der Waals surface area contributed by atoms with Crippen LogP contribution in [-0.4, -0.2) is 38.9 Å². The number of hydrogen-bond acceptors (Lipinski definition) is 8. The van der Waals surface area contributed by atoms with Gasteiger partial charge in [-0.05, 0) is 30.3 Å². The number of nitro benzene ring substituents is 1. The zero-order valence-corrected chi connectivity index (χ0v) is 17.8. The van der Waals surface area contributed by atoms with Crippen molar-refractivity contribution >= 4 is 22.6 Å². The molecule has 3 atom stereocenters. The smallest absolute Gasteiger partial charge is 0.273 e. The van der Waals surface area contributed by atoms with Crippen molar-refractivity contribution in [2.24, 2.45) is 4.99 Å². The Balaban J connectivity index is 1.53. The highest BCUT2D eigenvalue weighted by atomic mass is 32.2. The van der Waals surface area contributed by atoms with Crippen LogP contribution in [0, 0.1) is 10.1 Å². The minimum Gasteiger partial charge on any atom is -0.496 e. The topological polar surface area (TPSA) is 94.0 Å². The molecule has 1 saturated heterocycles. The maximum Gasteiger partial charge on any atom is 0.273 e. The number of ether oxygens (including phenoxy) is 1. The Bertz CT molecular complexity index is 1160. The van der Waals surface area contributed by atoms with Crippen molar-refractivity contribution < 1.29 is 14.1 Å². The van der Waals surface area contributed by atoms with Gasteiger partial charge < -0.3 is 14.1 Å². The maximum atomic E-state index is 11.1. The van der Waals surface area contributed by atoms with Gasteiger partial charge in [0.2, 0.25) is 0 Å². The van der Waals surface area contributed by atoms with Gasteiger partial charge in [-0.2, -0.15) is 0 Å². The number of nitro groups is 1. The molecular weight excluding hydrogens is 416 g/mol. The molecule has 31 heavy (non-hydrogen) atoms. The van der Waals surface area contributed by atoms with Gasteiger partial charge in [-0.25, -0.2) is 4.99 Å². The van der Waals surface area contributed by atoms with Crippen LogP contribution in [0.2, 0.25) is 0 Å². The van der Waals surface area contributed by atoms with E-state index in [1.807, 2.05) is 30.3 Å². The molecule has 2 aliphatic heterocycles. The maximum absolute atomic E-state index is 11.1. The first-order valence-corrected chi connectivity index (χ1v) is 10.8. The molecular formula is C22H20N4O4S. The van der Waals surface area contributed by atoms with Gasteiger partial charge in [0.25, 0.3) is 5.69 Å². The van der Waals surface area contributed by atoms with Crippen molar-refractivity contribution in [1.29, 1.82) is 0 Å². The molecule has 158 valence electrons. The minimum atomic E-state index is -0.444. The van der Waals surface area contributed by atoms with E-state index in [1.54, 1.807) is 24.0 Å². The van der Waals surface area contributed by atoms with Crippen molar-refractivity contribution in [3.8, 4) is 17.1 Å². The zero-order chi connectivity index (χ0) is 21.5. The molecule has 0 amide bonds. The third kappa shape index (κ3) is 3.44. The van der Waals surface area contributed by atoms with Crippen LogP contribution in [0.5, 0.6) is 5.75 Å². The molecule has 9 heteroatoms. The van der Waals surface area contributed by atoms with Crippen LogP contribution in [0.3, 0.4) is 0 Å². The Kier molecular flexibility index (Phi) is 4.90. The number of pyridine rings is 1. The Labute approximate surface area is 183 Å². The zero-order valence-electron chi connectivity index (χ0n) is 17.0. The standard InChI is InChI=1S/C22H20N4O4S/c1-13-12-25-21(20(24-22(25)31-13)16-5-3-4-10-23-16)18-9-8-17(30-18)15-7-6-14(26(27)28)11-19(15)29-2/h3-11,13,20-21H,12H2,1-2H3/t13-,20+,21+/m0/s1. The lowest BCUT2D eigenvalue weighted by Crippen LogP contribution is -2.28. The molecule has 0 saturated carbocycles. The second-order valence-corrected chi connectivity index (χ2v) is 8.89. The average molecular weight is 436 g/mol. The highest BCUT2D eigenvalue weighted by molar-refractivity contribution is 8.14. The van der Waals surface area contributed by atoms with Gasteiger partial charge in [0, 0.05) is 24.1 Å². The van der Waals surface area contributed by atoms with Gasteiger partial charge in [-0.1, -0.05) is 24.8 Å². The van der Waals surface area contributed by atoms with E-state index < -0.39 is 4.92 Å². The van der Waals surface area contributed by atoms with Gasteiger partial charge in [0.1, 0.15) is 29.4 Å². The Hall–Kier alpha value is -3.33. The predicted molar refractivity (Wildman–Crippen MR) is 118 cm³/mol. The summed E-state index contributed by atoms with van der Waals surface area (Å²) in [6.07, 6.45) is 1.78. The number of aromatic nitrogens is 1. The van der Waals surface area contributed by atoms with E-state index in [9.17, 15) is 10.1 Å². The van der Waals surface area contributed by atoms with Crippen LogP contribution in [0.25, 0.3) is 11.3 Å². The third-order valence-electron chi connectivity index (χ3n) is 5.46. The Morgan fingerprint density at radius 2 is 2.13 bits per heavy atom. The summed E-state index contributed by atoms with van der Waals surface area (Å²) >= 11 is 1.77. The van der Waals surface area contributed by atoms with Crippen LogP contribution in [0.4, 0.5) is 5.69 Å². The van der Waals surface area contributed by atoms with E-state index in [0.717, 1.165) is 23.2 Å². The highest BCUT2D eigenvalue weighted by Crippen LogP contribution is 2.48. The molecule has 3 aromatic rings. The van der Waals surface area contributed by atoms with E-state index in [1.165, 1.54) is 19.2 Å². The quantitative estimate of drug-likeness (QED) is 0.417. The summed E-state index contributed by atoms with van der Waals surface area (Å²) in [5, 5.41) is 12.6. The van der Waals surface area contributed by atoms with Gasteiger partial charge in [0.05, 0.1) is 29.4 Å². The minimum absolute atomic E-state index is 0.0282. The first kappa shape index (κ1) is 19.6. The normalized spacial score (nSPS) is 22.3. The molecule has 8 nitrogen and oxygen atoms in total. The first-order valence-electron chi connectivity index (χ1n) is 9.89. The number of amidine groups is 1. The third-order valence-corrected chi connectivity index (χ3v) is 6.56. The molecule has 1 aromatic carbocycles. The number of aliphatic imine (C=N–C) groups is 1. The van der Waals surface area contributed by atoms with Crippen LogP contribution in [-0.2, 0) is 0 Å². The first-order chi connectivity index (χ1) is 15.0. The fourth-order valence-corrected chi connectivity index (χ4v) is 5.17. The fourth-order valence-electron chi connectivity index (χ4n) is 4.08. The van der Waals surface area contributed by atoms with Crippen molar-refractivity contribution in [3.05, 3.63) is 76.3 Å². The number of thioether (sulfide) groups is 1. The molecule has 2 aliphatic rings. The molecule has 2 aromatic heterocycles. The number of benzene rings is 1. The van der Waals surface area contributed by atoms with Gasteiger partial charge in [0.15, 0.2) is 5.17 Å². The lowest BCUT2D eigenvalue weighted by atomic mass is 10.0. The van der Waals surface area contributed by atoms with E-state index >= 15 is 0 Å². The summed E-state index contributed by atoms with van der Waals surface area (Å²) in [5.74, 6) is 1.76. The number of methoxy groups -OCH3 is 1. The molecule has 0 aliphatic carbocycles. The highest BCUT2D eigenvalue weighted by Gasteiger charge is 2.45. The summed E-state index contributed by atoms with van der Waals surface area (Å²) in [6.45, 7) is 3.07. The second-order valence-electron chi connectivity index (χ2n) is 7.48. The Morgan fingerprint density at radius 3 is 2.87 bits per heavy atom. The van der Waals surface area contributed by atoms with E-state index in [2.05, 4.69) is 16.8 Å². The molecule has 1 fully saturated rings. The SMILES string of the molecule is COc1cc([N+](=O)[O-])ccc1-c1ccc([C@@H]2[C@@H](c3ccccn3)N=C3S[C@@H](C)CN32)o1. The fraction of sp³-hybridized carbons (Fsp3) is 0.273. The summed E-state index contributed by atoms with van der Waals surface area (Å²) in [5.41, 5.74) is 1.53. The van der Waals surface area contributed by atoms with E-state index in [4.69, 9.17) is 14.1 Å². The molecule has 0 bridgehead atoms. The summed E-state index contributed by atoms with van der Waals surface area (Å²) in [6, 6.07) is 13.9. The number of rotatable bonds is 5. The largest absolute Gasteiger partial charge is 0.496 e. The van der Waals surface area contributed by atoms with Crippen molar-refractivity contribution in [2.75, 3.05) is 13.7 Å². The number of non-ortho nitro benzene ring substituents is 1. The lowest BCUT2D eigenvalue weighted by Gasteiger charge is -2.25. The van der Waals surface area contributed by atoms with Crippen molar-refractivity contribution in [2.45, 2.75) is 24.3 Å². The van der Waals surface area contributed by atoms with Gasteiger partial charge in [-0.15, -0.1) is 0 Å². The number of hydrogen-bond donors (Lipinski definition) is 0. The summed E-state index contributed by atoms with van der Waals surface area (Å²) in [4.78, 5) is 22.4. The van der Waals surface area contributed by atoms with Gasteiger partial charge in [-0.3, -0.25) is 15.1 Å². The lowest BCUT2D eigenvalue weighted by molar-refractivity contribution is -0.384. The van der Waals surface area contributed by atoms with Crippen LogP contribution in [0.15, 0.2) is 64.1 Å². The molecule has 0 unspecified atom stereocenters. The van der Waals surface area contributed by atoms with Crippen LogP contribution in [0.1, 0.15) is 30.5 Å². The molecule has 4 heterocycles. The Morgan fingerprint density at radius 1 is 1.26 bits per heavy atom. The van der Waals surface area contributed by atoms with Crippen LogP contribution < -0.4 is 4.74 Å². The summed E-state index contributed by atoms with van der Waals surface area (Å²) < 4.78 is 11.7. The number of nitrogens with zero attached hydrogens (tertiary/aromatic N) is 4. The number of furan rings is 1. The monoisotopic (exact) mass is 436 g/mol. The number of fused-ring (bicyclic) bond motifs is 1. The average Bonchev–Trinajstić information content (AvgIpc) is 3.47. The van der Waals surface area contributed by atoms with Gasteiger partial charge >= 0.3 is 0 Å². The van der Waals surface area contributed by atoms with Crippen molar-refractivity contribution in [3.63, 3.8) is 0 Å². The van der Waals surface area contributed by atoms with E-state index in [-0.39, 0.29) is 17.8 Å². The second kappa shape index (κ2) is 7.73. The van der Waals surface area contributed by atoms with Crippen molar-refractivity contribution in [1.82, 2.24) is 9.88 Å². The summed E-state index contributed by atoms with van der Waals surface area (Å²) in [7, 11) is 1.49. The predicted octanol–water partition coefficient (Wildman–Crippen LogP) is 4.85. The van der Waals surface area contributed by atoms with Crippen LogP contribution >= 0.6 is 11.8 Å².